The second kappa shape index (κ2) is 5.88. The maximum Gasteiger partial charge on any atom is -0.00881 e. The van der Waals surface area contributed by atoms with Crippen molar-refractivity contribution in [3.63, 3.8) is 0 Å². The van der Waals surface area contributed by atoms with E-state index in [0.29, 0.717) is 0 Å². The van der Waals surface area contributed by atoms with Gasteiger partial charge in [-0.15, -0.1) is 0 Å². The molecule has 1 aliphatic carbocycles. The minimum atomic E-state index is 1.12. The van der Waals surface area contributed by atoms with Gasteiger partial charge in [-0.25, -0.2) is 0 Å². The number of fused-ring (bicyclic) bond motifs is 1. The second-order valence-corrected chi connectivity index (χ2v) is 5.33. The van der Waals surface area contributed by atoms with E-state index in [4.69, 9.17) is 0 Å². The van der Waals surface area contributed by atoms with E-state index in [-0.39, 0.29) is 0 Å². The van der Waals surface area contributed by atoms with Crippen LogP contribution in [0.4, 0.5) is 0 Å². The molecule has 0 amide bonds. The first-order chi connectivity index (χ1) is 9.42. The fourth-order valence-corrected chi connectivity index (χ4v) is 2.77. The van der Waals surface area contributed by atoms with E-state index >= 15 is 0 Å². The van der Waals surface area contributed by atoms with E-state index in [1.54, 1.807) is 0 Å². The Bertz CT molecular complexity index is 564. The Kier molecular flexibility index (Phi) is 3.78. The van der Waals surface area contributed by atoms with Gasteiger partial charge in [-0.05, 0) is 54.4 Å². The quantitative estimate of drug-likeness (QED) is 0.665. The van der Waals surface area contributed by atoms with Crippen molar-refractivity contribution in [2.75, 3.05) is 0 Å². The van der Waals surface area contributed by atoms with Crippen LogP contribution in [0.1, 0.15) is 35.1 Å². The van der Waals surface area contributed by atoms with Crippen LogP contribution >= 0.6 is 0 Å². The molecule has 0 bridgehead atoms. The number of allylic oxidation sites excluding steroid dienone is 1. The summed E-state index contributed by atoms with van der Waals surface area (Å²) in [6.07, 6.45) is 10.6. The summed E-state index contributed by atoms with van der Waals surface area (Å²) in [4.78, 5) is 0. The molecule has 0 saturated heterocycles. The second-order valence-electron chi connectivity index (χ2n) is 5.33. The Labute approximate surface area is 115 Å². The van der Waals surface area contributed by atoms with Crippen LogP contribution in [0.5, 0.6) is 0 Å². The van der Waals surface area contributed by atoms with Crippen LogP contribution in [0.25, 0.3) is 6.08 Å². The summed E-state index contributed by atoms with van der Waals surface area (Å²) in [7, 11) is 0. The molecule has 0 saturated carbocycles. The van der Waals surface area contributed by atoms with E-state index in [0.717, 1.165) is 6.42 Å². The first-order valence-electron chi connectivity index (χ1n) is 7.24. The largest absolute Gasteiger partial charge is 0.0795 e. The fraction of sp³-hybridized carbons (Fsp3) is 0.263. The maximum atomic E-state index is 2.39. The lowest BCUT2D eigenvalue weighted by molar-refractivity contribution is 0.734. The zero-order valence-electron chi connectivity index (χ0n) is 11.3. The number of rotatable bonds is 5. The van der Waals surface area contributed by atoms with Gasteiger partial charge in [0.25, 0.3) is 0 Å². The van der Waals surface area contributed by atoms with Gasteiger partial charge in [-0.2, -0.15) is 0 Å². The average Bonchev–Trinajstić information content (AvgIpc) is 2.92. The summed E-state index contributed by atoms with van der Waals surface area (Å²) in [5, 5.41) is 0. The lowest BCUT2D eigenvalue weighted by atomic mass is 10.0. The first-order valence-corrected chi connectivity index (χ1v) is 7.24. The van der Waals surface area contributed by atoms with Gasteiger partial charge in [-0.1, -0.05) is 60.7 Å². The van der Waals surface area contributed by atoms with Gasteiger partial charge in [0.05, 0.1) is 0 Å². The van der Waals surface area contributed by atoms with E-state index in [9.17, 15) is 0 Å². The molecule has 2 aromatic rings. The Morgan fingerprint density at radius 1 is 0.789 bits per heavy atom. The van der Waals surface area contributed by atoms with E-state index < -0.39 is 0 Å². The molecule has 0 aliphatic heterocycles. The van der Waals surface area contributed by atoms with Crippen LogP contribution in [-0.2, 0) is 19.3 Å². The summed E-state index contributed by atoms with van der Waals surface area (Å²) >= 11 is 0. The van der Waals surface area contributed by atoms with E-state index in [1.165, 1.54) is 47.9 Å². The van der Waals surface area contributed by atoms with Crippen LogP contribution in [-0.4, -0.2) is 0 Å². The zero-order chi connectivity index (χ0) is 12.9. The van der Waals surface area contributed by atoms with Crippen molar-refractivity contribution in [2.24, 2.45) is 0 Å². The van der Waals surface area contributed by atoms with Crippen molar-refractivity contribution in [1.82, 2.24) is 0 Å². The molecular weight excluding hydrogens is 228 g/mol. The summed E-state index contributed by atoms with van der Waals surface area (Å²) < 4.78 is 0. The molecule has 0 nitrogen and oxygen atoms in total. The SMILES string of the molecule is C1=Cc2ccc(CCCCc3ccccc3)cc2C1. The molecule has 96 valence electrons. The number of hydrogen-bond donors (Lipinski definition) is 0. The molecule has 0 aromatic heterocycles. The lowest BCUT2D eigenvalue weighted by Gasteiger charge is -2.05. The Morgan fingerprint density at radius 3 is 2.42 bits per heavy atom. The number of hydrogen-bond acceptors (Lipinski definition) is 0. The van der Waals surface area contributed by atoms with Crippen molar-refractivity contribution in [3.05, 3.63) is 76.9 Å². The van der Waals surface area contributed by atoms with Gasteiger partial charge >= 0.3 is 0 Å². The normalized spacial score (nSPS) is 12.6. The van der Waals surface area contributed by atoms with Crippen LogP contribution in [0.2, 0.25) is 0 Å². The van der Waals surface area contributed by atoms with Gasteiger partial charge < -0.3 is 0 Å². The minimum absolute atomic E-state index is 1.12. The number of benzene rings is 2. The van der Waals surface area contributed by atoms with Crippen LogP contribution < -0.4 is 0 Å². The highest BCUT2D eigenvalue weighted by molar-refractivity contribution is 5.60. The third-order valence-electron chi connectivity index (χ3n) is 3.87. The lowest BCUT2D eigenvalue weighted by Crippen LogP contribution is -1.91. The first kappa shape index (κ1) is 12.2. The van der Waals surface area contributed by atoms with Gasteiger partial charge in [0, 0.05) is 0 Å². The van der Waals surface area contributed by atoms with Crippen LogP contribution in [0.3, 0.4) is 0 Å². The van der Waals surface area contributed by atoms with Crippen molar-refractivity contribution >= 4 is 6.08 Å². The molecule has 19 heavy (non-hydrogen) atoms. The standard InChI is InChI=1S/C19H20/c1-2-7-16(8-3-1)9-4-5-10-17-13-14-18-11-6-12-19(18)15-17/h1-3,6-8,11,13-15H,4-5,9-10,12H2. The highest BCUT2D eigenvalue weighted by atomic mass is 14.1. The average molecular weight is 248 g/mol. The van der Waals surface area contributed by atoms with E-state index in [1.807, 2.05) is 0 Å². The van der Waals surface area contributed by atoms with E-state index in [2.05, 4.69) is 60.7 Å². The molecule has 0 N–H and O–H groups in total. The van der Waals surface area contributed by atoms with Gasteiger partial charge in [0.1, 0.15) is 0 Å². The van der Waals surface area contributed by atoms with Crippen LogP contribution in [0.15, 0.2) is 54.6 Å². The minimum Gasteiger partial charge on any atom is -0.0795 e. The molecule has 0 radical (unpaired) electrons. The molecule has 2 aromatic carbocycles. The third kappa shape index (κ3) is 3.14. The van der Waals surface area contributed by atoms with Crippen molar-refractivity contribution in [2.45, 2.75) is 32.1 Å². The Balaban J connectivity index is 1.48. The predicted octanol–water partition coefficient (Wildman–Crippen LogP) is 4.82. The highest BCUT2D eigenvalue weighted by Gasteiger charge is 2.05. The molecule has 0 heteroatoms. The van der Waals surface area contributed by atoms with Crippen molar-refractivity contribution in [3.8, 4) is 0 Å². The molecule has 0 spiro atoms. The maximum absolute atomic E-state index is 2.39. The monoisotopic (exact) mass is 248 g/mol. The molecule has 1 aliphatic rings. The zero-order valence-corrected chi connectivity index (χ0v) is 11.3. The molecule has 0 unspecified atom stereocenters. The summed E-state index contributed by atoms with van der Waals surface area (Å²) in [5.41, 5.74) is 5.87. The van der Waals surface area contributed by atoms with Crippen molar-refractivity contribution in [1.29, 1.82) is 0 Å². The molecule has 0 fully saturated rings. The fourth-order valence-electron chi connectivity index (χ4n) is 2.77. The molecule has 0 heterocycles. The third-order valence-corrected chi connectivity index (χ3v) is 3.87. The van der Waals surface area contributed by atoms with Gasteiger partial charge in [-0.3, -0.25) is 0 Å². The Morgan fingerprint density at radius 2 is 1.58 bits per heavy atom. The van der Waals surface area contributed by atoms with Crippen LogP contribution in [0, 0.1) is 0 Å². The highest BCUT2D eigenvalue weighted by Crippen LogP contribution is 2.21. The summed E-state index contributed by atoms with van der Waals surface area (Å²) in [5.74, 6) is 0. The topological polar surface area (TPSA) is 0 Å². The van der Waals surface area contributed by atoms with Crippen molar-refractivity contribution < 1.29 is 0 Å². The number of aryl methyl sites for hydroxylation is 2. The summed E-state index contributed by atoms with van der Waals surface area (Å²) in [6.45, 7) is 0. The predicted molar refractivity (Wildman–Crippen MR) is 82.3 cm³/mol. The van der Waals surface area contributed by atoms with Gasteiger partial charge in [0.2, 0.25) is 0 Å². The van der Waals surface area contributed by atoms with Gasteiger partial charge in [0.15, 0.2) is 0 Å². The molecule has 3 rings (SSSR count). The molecule has 0 atom stereocenters. The summed E-state index contributed by atoms with van der Waals surface area (Å²) in [6, 6.07) is 17.7. The Hall–Kier alpha value is -1.82. The smallest absolute Gasteiger partial charge is 0.00881 e. The number of unbranched alkanes of at least 4 members (excludes halogenated alkanes) is 1. The molecular formula is C19H20.